The number of hydrogen-bond acceptors (Lipinski definition) is 6. The minimum atomic E-state index is -0.327. The molecule has 8 heteroatoms. The molecule has 0 radical (unpaired) electrons. The smallest absolute Gasteiger partial charge is 0.322 e. The van der Waals surface area contributed by atoms with Crippen molar-refractivity contribution in [3.05, 3.63) is 53.7 Å². The standard InChI is InChI=1S/C18H21N5O2S/c1-4-26-14-7-5-13(6-8-14)11-16-21-22-18(25-16)20-17(24)15-9-10-19-23(15)12(2)3/h5-10,12H,4,11H2,1-3H3,(H,20,22,24). The van der Waals surface area contributed by atoms with Crippen molar-refractivity contribution in [3.63, 3.8) is 0 Å². The largest absolute Gasteiger partial charge is 0.407 e. The van der Waals surface area contributed by atoms with Gasteiger partial charge in [0.25, 0.3) is 5.91 Å². The molecular weight excluding hydrogens is 350 g/mol. The van der Waals surface area contributed by atoms with Crippen LogP contribution >= 0.6 is 11.8 Å². The average Bonchev–Trinajstić information content (AvgIpc) is 3.26. The number of amides is 1. The first-order valence-electron chi connectivity index (χ1n) is 8.45. The molecule has 1 aromatic carbocycles. The van der Waals surface area contributed by atoms with Crippen molar-refractivity contribution < 1.29 is 9.21 Å². The van der Waals surface area contributed by atoms with Gasteiger partial charge in [0.15, 0.2) is 0 Å². The average molecular weight is 371 g/mol. The van der Waals surface area contributed by atoms with Crippen LogP contribution in [0, 0.1) is 0 Å². The van der Waals surface area contributed by atoms with Crippen molar-refractivity contribution in [1.82, 2.24) is 20.0 Å². The molecule has 0 unspecified atom stereocenters. The molecule has 0 aliphatic carbocycles. The second-order valence-corrected chi connectivity index (χ2v) is 7.30. The Morgan fingerprint density at radius 3 is 2.69 bits per heavy atom. The number of aromatic nitrogens is 4. The van der Waals surface area contributed by atoms with Crippen LogP contribution < -0.4 is 5.32 Å². The fourth-order valence-electron chi connectivity index (χ4n) is 2.49. The van der Waals surface area contributed by atoms with Crippen molar-refractivity contribution in [2.45, 2.75) is 38.1 Å². The topological polar surface area (TPSA) is 85.8 Å². The van der Waals surface area contributed by atoms with Crippen molar-refractivity contribution >= 4 is 23.7 Å². The Kier molecular flexibility index (Phi) is 5.72. The molecule has 7 nitrogen and oxygen atoms in total. The predicted octanol–water partition coefficient (Wildman–Crippen LogP) is 3.80. The molecule has 2 heterocycles. The van der Waals surface area contributed by atoms with E-state index in [-0.39, 0.29) is 18.0 Å². The number of carbonyl (C=O) groups is 1. The van der Waals surface area contributed by atoms with Gasteiger partial charge in [-0.3, -0.25) is 14.8 Å². The summed E-state index contributed by atoms with van der Waals surface area (Å²) in [6, 6.07) is 10.1. The first kappa shape index (κ1) is 18.2. The fraction of sp³-hybridized carbons (Fsp3) is 0.333. The zero-order valence-corrected chi connectivity index (χ0v) is 15.8. The first-order valence-corrected chi connectivity index (χ1v) is 9.44. The van der Waals surface area contributed by atoms with Crippen LogP contribution in [0.2, 0.25) is 0 Å². The number of nitrogens with one attached hydrogen (secondary N) is 1. The van der Waals surface area contributed by atoms with Crippen molar-refractivity contribution in [2.75, 3.05) is 11.1 Å². The van der Waals surface area contributed by atoms with Crippen molar-refractivity contribution in [2.24, 2.45) is 0 Å². The Morgan fingerprint density at radius 2 is 2.00 bits per heavy atom. The van der Waals surface area contributed by atoms with E-state index in [1.165, 1.54) is 4.90 Å². The third kappa shape index (κ3) is 4.32. The lowest BCUT2D eigenvalue weighted by Crippen LogP contribution is -2.19. The molecule has 0 aliphatic heterocycles. The van der Waals surface area contributed by atoms with Crippen LogP contribution in [-0.2, 0) is 6.42 Å². The molecule has 136 valence electrons. The van der Waals surface area contributed by atoms with Crippen LogP contribution in [0.4, 0.5) is 6.01 Å². The molecule has 1 N–H and O–H groups in total. The van der Waals surface area contributed by atoms with Crippen LogP contribution in [0.15, 0.2) is 45.8 Å². The molecule has 0 bridgehead atoms. The summed E-state index contributed by atoms with van der Waals surface area (Å²) in [4.78, 5) is 13.6. The number of carbonyl (C=O) groups excluding carboxylic acids is 1. The van der Waals surface area contributed by atoms with E-state index < -0.39 is 0 Å². The molecule has 0 atom stereocenters. The summed E-state index contributed by atoms with van der Waals surface area (Å²) in [5, 5.41) is 14.7. The van der Waals surface area contributed by atoms with Gasteiger partial charge in [-0.2, -0.15) is 5.10 Å². The normalized spacial score (nSPS) is 11.1. The lowest BCUT2D eigenvalue weighted by molar-refractivity contribution is 0.101. The van der Waals surface area contributed by atoms with Gasteiger partial charge < -0.3 is 4.42 Å². The van der Waals surface area contributed by atoms with Gasteiger partial charge in [0, 0.05) is 17.1 Å². The van der Waals surface area contributed by atoms with Gasteiger partial charge in [0.1, 0.15) is 5.69 Å². The summed E-state index contributed by atoms with van der Waals surface area (Å²) in [6.07, 6.45) is 2.11. The van der Waals surface area contributed by atoms with Crippen LogP contribution in [0.5, 0.6) is 0 Å². The van der Waals surface area contributed by atoms with E-state index in [1.54, 1.807) is 28.7 Å². The predicted molar refractivity (Wildman–Crippen MR) is 101 cm³/mol. The van der Waals surface area contributed by atoms with Gasteiger partial charge in [-0.25, -0.2) is 0 Å². The second-order valence-electron chi connectivity index (χ2n) is 5.96. The SMILES string of the molecule is CCSc1ccc(Cc2nnc(NC(=O)c3ccnn3C(C)C)o2)cc1. The molecule has 0 saturated carbocycles. The lowest BCUT2D eigenvalue weighted by atomic mass is 10.1. The van der Waals surface area contributed by atoms with Crippen LogP contribution in [0.25, 0.3) is 0 Å². The molecular formula is C18H21N5O2S. The van der Waals surface area contributed by atoms with E-state index in [0.717, 1.165) is 11.3 Å². The van der Waals surface area contributed by atoms with Gasteiger partial charge in [-0.15, -0.1) is 16.9 Å². The van der Waals surface area contributed by atoms with Crippen LogP contribution in [0.1, 0.15) is 48.8 Å². The summed E-state index contributed by atoms with van der Waals surface area (Å²) in [6.45, 7) is 6.04. The Bertz CT molecular complexity index is 870. The van der Waals surface area contributed by atoms with Gasteiger partial charge in [-0.05, 0) is 43.4 Å². The number of thioether (sulfide) groups is 1. The summed E-state index contributed by atoms with van der Waals surface area (Å²) < 4.78 is 7.19. The summed E-state index contributed by atoms with van der Waals surface area (Å²) in [5.74, 6) is 1.17. The number of anilines is 1. The van der Waals surface area contributed by atoms with Gasteiger partial charge in [0.05, 0.1) is 6.42 Å². The zero-order chi connectivity index (χ0) is 18.5. The molecule has 26 heavy (non-hydrogen) atoms. The zero-order valence-electron chi connectivity index (χ0n) is 15.0. The van der Waals surface area contributed by atoms with E-state index in [2.05, 4.69) is 39.7 Å². The molecule has 3 rings (SSSR count). The maximum Gasteiger partial charge on any atom is 0.322 e. The van der Waals surface area contributed by atoms with Crippen molar-refractivity contribution in [1.29, 1.82) is 0 Å². The Morgan fingerprint density at radius 1 is 1.23 bits per heavy atom. The molecule has 2 aromatic heterocycles. The minimum absolute atomic E-state index is 0.0813. The molecule has 0 spiro atoms. The van der Waals surface area contributed by atoms with Crippen molar-refractivity contribution in [3.8, 4) is 0 Å². The number of hydrogen-bond donors (Lipinski definition) is 1. The molecule has 1 amide bonds. The van der Waals surface area contributed by atoms with Crippen LogP contribution in [0.3, 0.4) is 0 Å². The highest BCUT2D eigenvalue weighted by Crippen LogP contribution is 2.19. The Labute approximate surface area is 156 Å². The summed E-state index contributed by atoms with van der Waals surface area (Å²) in [5.41, 5.74) is 1.52. The van der Waals surface area contributed by atoms with E-state index >= 15 is 0 Å². The molecule has 0 fully saturated rings. The lowest BCUT2D eigenvalue weighted by Gasteiger charge is -2.09. The van der Waals surface area contributed by atoms with E-state index in [4.69, 9.17) is 4.42 Å². The van der Waals surface area contributed by atoms with Crippen LogP contribution in [-0.4, -0.2) is 31.6 Å². The molecule has 0 aliphatic rings. The third-order valence-corrected chi connectivity index (χ3v) is 4.56. The summed E-state index contributed by atoms with van der Waals surface area (Å²) in [7, 11) is 0. The highest BCUT2D eigenvalue weighted by molar-refractivity contribution is 7.99. The highest BCUT2D eigenvalue weighted by Gasteiger charge is 2.17. The quantitative estimate of drug-likeness (QED) is 0.636. The van der Waals surface area contributed by atoms with E-state index in [1.807, 2.05) is 26.0 Å². The Balaban J connectivity index is 1.64. The third-order valence-electron chi connectivity index (χ3n) is 3.67. The first-order chi connectivity index (χ1) is 12.6. The maximum atomic E-state index is 12.4. The Hall–Kier alpha value is -2.61. The van der Waals surface area contributed by atoms with Gasteiger partial charge >= 0.3 is 6.01 Å². The van der Waals surface area contributed by atoms with E-state index in [0.29, 0.717) is 18.0 Å². The molecule has 0 saturated heterocycles. The number of benzene rings is 1. The summed E-state index contributed by atoms with van der Waals surface area (Å²) >= 11 is 1.80. The maximum absolute atomic E-state index is 12.4. The minimum Gasteiger partial charge on any atom is -0.407 e. The molecule has 3 aromatic rings. The number of rotatable bonds is 7. The van der Waals surface area contributed by atoms with E-state index in [9.17, 15) is 4.79 Å². The van der Waals surface area contributed by atoms with Gasteiger partial charge in [-0.1, -0.05) is 24.2 Å². The number of nitrogens with zero attached hydrogens (tertiary/aromatic N) is 4. The monoisotopic (exact) mass is 371 g/mol. The second kappa shape index (κ2) is 8.18. The highest BCUT2D eigenvalue weighted by atomic mass is 32.2. The fourth-order valence-corrected chi connectivity index (χ4v) is 3.15. The van der Waals surface area contributed by atoms with Gasteiger partial charge in [0.2, 0.25) is 5.89 Å².